The lowest BCUT2D eigenvalue weighted by atomic mass is 9.78. The minimum Gasteiger partial charge on any atom is -0.497 e. The molecule has 0 spiro atoms. The average Bonchev–Trinajstić information content (AvgIpc) is 2.89. The third kappa shape index (κ3) is 6.13. The number of carbonyl (C=O) groups is 1. The van der Waals surface area contributed by atoms with Gasteiger partial charge in [0.2, 0.25) is 15.9 Å². The number of ether oxygens (including phenoxy) is 2. The summed E-state index contributed by atoms with van der Waals surface area (Å²) in [5.41, 5.74) is -0.687. The van der Waals surface area contributed by atoms with Crippen molar-refractivity contribution in [3.05, 3.63) is 54.3 Å². The summed E-state index contributed by atoms with van der Waals surface area (Å²) in [5.74, 6) is 0.631. The Bertz CT molecular complexity index is 1120. The number of methoxy groups -OCH3 is 1. The number of benzene rings is 2. The molecule has 4 rings (SSSR count). The van der Waals surface area contributed by atoms with Crippen LogP contribution in [0.2, 0.25) is 0 Å². The monoisotopic (exact) mass is 504 g/mol. The summed E-state index contributed by atoms with van der Waals surface area (Å²) in [7, 11) is -2.29. The van der Waals surface area contributed by atoms with Gasteiger partial charge in [-0.2, -0.15) is 4.31 Å². The van der Waals surface area contributed by atoms with E-state index in [-0.39, 0.29) is 36.2 Å². The van der Waals surface area contributed by atoms with E-state index in [2.05, 4.69) is 0 Å². The molecule has 0 N–H and O–H groups in total. The van der Waals surface area contributed by atoms with Crippen molar-refractivity contribution in [2.45, 2.75) is 43.4 Å². The van der Waals surface area contributed by atoms with Gasteiger partial charge in [-0.1, -0.05) is 6.07 Å². The van der Waals surface area contributed by atoms with Crippen molar-refractivity contribution in [2.75, 3.05) is 39.9 Å². The number of hydrogen-bond donors (Lipinski definition) is 0. The normalized spacial score (nSPS) is 21.5. The van der Waals surface area contributed by atoms with E-state index in [9.17, 15) is 17.6 Å². The predicted molar refractivity (Wildman–Crippen MR) is 130 cm³/mol. The molecule has 7 nitrogen and oxygen atoms in total. The third-order valence-corrected chi connectivity index (χ3v) is 8.74. The van der Waals surface area contributed by atoms with Gasteiger partial charge in [-0.05, 0) is 68.5 Å². The van der Waals surface area contributed by atoms with Crippen molar-refractivity contribution in [2.24, 2.45) is 5.41 Å². The van der Waals surface area contributed by atoms with Crippen LogP contribution in [0.4, 0.5) is 4.39 Å². The number of hydrogen-bond acceptors (Lipinski definition) is 5. The van der Waals surface area contributed by atoms with Crippen LogP contribution in [0.3, 0.4) is 0 Å². The zero-order valence-corrected chi connectivity index (χ0v) is 20.9. The van der Waals surface area contributed by atoms with Crippen molar-refractivity contribution in [3.8, 4) is 11.5 Å². The molecule has 0 radical (unpaired) electrons. The average molecular weight is 505 g/mol. The number of likely N-dealkylation sites (tertiary alicyclic amines) is 1. The molecular formula is C26H33FN2O5S. The summed E-state index contributed by atoms with van der Waals surface area (Å²) in [6.45, 7) is 2.19. The Labute approximate surface area is 206 Å². The van der Waals surface area contributed by atoms with Crippen LogP contribution in [0, 0.1) is 11.2 Å². The molecule has 0 unspecified atom stereocenters. The summed E-state index contributed by atoms with van der Waals surface area (Å²) in [6.07, 6.45) is 4.58. The number of nitrogens with zero attached hydrogens (tertiary/aromatic N) is 2. The minimum absolute atomic E-state index is 0.0352. The Morgan fingerprint density at radius 2 is 1.74 bits per heavy atom. The second-order valence-corrected chi connectivity index (χ2v) is 11.4. The van der Waals surface area contributed by atoms with Gasteiger partial charge >= 0.3 is 0 Å². The summed E-state index contributed by atoms with van der Waals surface area (Å²) in [6, 6.07) is 12.2. The summed E-state index contributed by atoms with van der Waals surface area (Å²) in [4.78, 5) is 15.3. The van der Waals surface area contributed by atoms with Crippen LogP contribution in [-0.2, 0) is 14.8 Å². The molecule has 35 heavy (non-hydrogen) atoms. The Morgan fingerprint density at radius 3 is 2.46 bits per heavy atom. The molecule has 190 valence electrons. The molecule has 2 aromatic carbocycles. The zero-order valence-electron chi connectivity index (χ0n) is 20.1. The van der Waals surface area contributed by atoms with Crippen LogP contribution < -0.4 is 9.47 Å². The number of carbonyl (C=O) groups excluding carboxylic acids is 1. The molecule has 2 heterocycles. The summed E-state index contributed by atoms with van der Waals surface area (Å²) < 4.78 is 53.1. The lowest BCUT2D eigenvalue weighted by Crippen LogP contribution is -2.51. The smallest absolute Gasteiger partial charge is 0.243 e. The lowest BCUT2D eigenvalue weighted by molar-refractivity contribution is -0.136. The molecule has 2 aliphatic heterocycles. The standard InChI is InChI=1S/C26H33FN2O5S/c1-33-23-7-5-8-24(17-23)35(31,32)29-16-6-13-26(19-29,18-25(30)28-14-3-2-4-15-28)20-34-22-11-9-21(27)10-12-22/h5,7-12,17H,2-4,6,13-16,18-20H2,1H3/t26-/m0/s1. The van der Waals surface area contributed by atoms with Crippen molar-refractivity contribution < 1.29 is 27.1 Å². The molecular weight excluding hydrogens is 471 g/mol. The highest BCUT2D eigenvalue weighted by molar-refractivity contribution is 7.89. The molecule has 1 amide bonds. The first kappa shape index (κ1) is 25.4. The van der Waals surface area contributed by atoms with E-state index in [1.807, 2.05) is 4.90 Å². The van der Waals surface area contributed by atoms with Gasteiger partial charge in [0.15, 0.2) is 0 Å². The maximum atomic E-state index is 13.5. The predicted octanol–water partition coefficient (Wildman–Crippen LogP) is 4.09. The van der Waals surface area contributed by atoms with Gasteiger partial charge in [0.1, 0.15) is 17.3 Å². The van der Waals surface area contributed by atoms with E-state index in [0.717, 1.165) is 32.4 Å². The second-order valence-electron chi connectivity index (χ2n) is 9.48. The van der Waals surface area contributed by atoms with Crippen molar-refractivity contribution >= 4 is 15.9 Å². The van der Waals surface area contributed by atoms with Gasteiger partial charge in [0.05, 0.1) is 18.6 Å². The van der Waals surface area contributed by atoms with Crippen molar-refractivity contribution in [3.63, 3.8) is 0 Å². The molecule has 2 saturated heterocycles. The number of rotatable bonds is 8. The van der Waals surface area contributed by atoms with E-state index in [0.29, 0.717) is 30.9 Å². The Hall–Kier alpha value is -2.65. The van der Waals surface area contributed by atoms with Gasteiger partial charge in [0, 0.05) is 44.1 Å². The van der Waals surface area contributed by atoms with E-state index in [1.165, 1.54) is 29.6 Å². The van der Waals surface area contributed by atoms with Gasteiger partial charge in [0.25, 0.3) is 0 Å². The number of sulfonamides is 1. The van der Waals surface area contributed by atoms with E-state index in [4.69, 9.17) is 9.47 Å². The number of amides is 1. The molecule has 0 aliphatic carbocycles. The van der Waals surface area contributed by atoms with Gasteiger partial charge < -0.3 is 14.4 Å². The first-order valence-electron chi connectivity index (χ1n) is 12.1. The van der Waals surface area contributed by atoms with E-state index < -0.39 is 15.4 Å². The first-order chi connectivity index (χ1) is 16.8. The van der Waals surface area contributed by atoms with Crippen LogP contribution in [-0.4, -0.2) is 63.4 Å². The molecule has 2 aromatic rings. The summed E-state index contributed by atoms with van der Waals surface area (Å²) in [5, 5.41) is 0. The van der Waals surface area contributed by atoms with Crippen molar-refractivity contribution in [1.82, 2.24) is 9.21 Å². The fourth-order valence-corrected chi connectivity index (χ4v) is 6.56. The van der Waals surface area contributed by atoms with Gasteiger partial charge in [-0.25, -0.2) is 12.8 Å². The zero-order chi connectivity index (χ0) is 24.9. The Balaban J connectivity index is 1.58. The SMILES string of the molecule is COc1cccc(S(=O)(=O)N2CCC[C@](COc3ccc(F)cc3)(CC(=O)N3CCCCC3)C2)c1. The Kier molecular flexibility index (Phi) is 7.96. The molecule has 0 saturated carbocycles. The molecule has 1 atom stereocenters. The van der Waals surface area contributed by atoms with Crippen molar-refractivity contribution in [1.29, 1.82) is 0 Å². The molecule has 0 bridgehead atoms. The van der Waals surface area contributed by atoms with Crippen LogP contribution in [0.1, 0.15) is 38.5 Å². The molecule has 9 heteroatoms. The fraction of sp³-hybridized carbons (Fsp3) is 0.500. The maximum Gasteiger partial charge on any atom is 0.243 e. The highest BCUT2D eigenvalue weighted by atomic mass is 32.2. The molecule has 2 aliphatic rings. The topological polar surface area (TPSA) is 76.1 Å². The Morgan fingerprint density at radius 1 is 1.00 bits per heavy atom. The van der Waals surface area contributed by atoms with E-state index in [1.54, 1.807) is 30.3 Å². The maximum absolute atomic E-state index is 13.5. The van der Waals surface area contributed by atoms with E-state index >= 15 is 0 Å². The molecule has 2 fully saturated rings. The van der Waals surface area contributed by atoms with Crippen LogP contribution in [0.25, 0.3) is 0 Å². The largest absolute Gasteiger partial charge is 0.497 e. The van der Waals surface area contributed by atoms with Crippen LogP contribution in [0.15, 0.2) is 53.4 Å². The first-order valence-corrected chi connectivity index (χ1v) is 13.6. The third-order valence-electron chi connectivity index (χ3n) is 6.90. The molecule has 0 aromatic heterocycles. The summed E-state index contributed by atoms with van der Waals surface area (Å²) >= 11 is 0. The minimum atomic E-state index is -3.79. The quantitative estimate of drug-likeness (QED) is 0.541. The van der Waals surface area contributed by atoms with Gasteiger partial charge in [-0.3, -0.25) is 4.79 Å². The fourth-order valence-electron chi connectivity index (χ4n) is 4.93. The second kappa shape index (κ2) is 11.0. The van der Waals surface area contributed by atoms with Gasteiger partial charge in [-0.15, -0.1) is 0 Å². The lowest BCUT2D eigenvalue weighted by Gasteiger charge is -2.42. The van der Waals surface area contributed by atoms with Crippen LogP contribution >= 0.6 is 0 Å². The number of piperidine rings is 2. The highest BCUT2D eigenvalue weighted by Gasteiger charge is 2.43. The van der Waals surface area contributed by atoms with Crippen LogP contribution in [0.5, 0.6) is 11.5 Å². The number of halogens is 1. The highest BCUT2D eigenvalue weighted by Crippen LogP contribution is 2.38.